The van der Waals surface area contributed by atoms with Crippen LogP contribution in [-0.2, 0) is 4.79 Å². The number of fused-ring (bicyclic) bond motifs is 3. The van der Waals surface area contributed by atoms with Crippen LogP contribution in [0.1, 0.15) is 71.2 Å². The van der Waals surface area contributed by atoms with Crippen LogP contribution in [0.2, 0.25) is 0 Å². The molecule has 6 heteroatoms. The molecule has 2 saturated heterocycles. The number of rotatable bonds is 4. The van der Waals surface area contributed by atoms with Gasteiger partial charge in [-0.3, -0.25) is 0 Å². The quantitative estimate of drug-likeness (QED) is 0.480. The van der Waals surface area contributed by atoms with Gasteiger partial charge in [0.2, 0.25) is 0 Å². The van der Waals surface area contributed by atoms with Gasteiger partial charge in [0.05, 0.1) is 0 Å². The molecule has 35 heavy (non-hydrogen) atoms. The molecule has 3 nitrogen and oxygen atoms in total. The first-order chi connectivity index (χ1) is 16.7. The van der Waals surface area contributed by atoms with E-state index in [0.29, 0.717) is 28.2 Å². The van der Waals surface area contributed by atoms with Crippen molar-refractivity contribution in [3.05, 3.63) is 41.7 Å². The Labute approximate surface area is 218 Å². The second-order valence-electron chi connectivity index (χ2n) is 11.9. The van der Waals surface area contributed by atoms with Crippen molar-refractivity contribution in [2.75, 3.05) is 12.0 Å². The van der Waals surface area contributed by atoms with Crippen LogP contribution in [0.4, 0.5) is 0 Å². The predicted octanol–water partition coefficient (Wildman–Crippen LogP) is 6.15. The zero-order valence-corrected chi connectivity index (χ0v) is 25.6. The van der Waals surface area contributed by atoms with E-state index in [-0.39, 0.29) is 6.04 Å². The van der Waals surface area contributed by atoms with Gasteiger partial charge in [0.1, 0.15) is 0 Å². The molecule has 0 saturated carbocycles. The molecule has 1 N–H and O–H groups in total. The summed E-state index contributed by atoms with van der Waals surface area (Å²) in [5.74, 6) is 1.07. The summed E-state index contributed by atoms with van der Waals surface area (Å²) in [5.41, 5.74) is 7.06. The van der Waals surface area contributed by atoms with Gasteiger partial charge in [0, 0.05) is 0 Å². The molecule has 3 aliphatic heterocycles. The normalized spacial score (nSPS) is 33.1. The number of carbonyl (C=O) groups is 1. The molecule has 2 aromatic rings. The van der Waals surface area contributed by atoms with Crippen molar-refractivity contribution in [3.63, 3.8) is 0 Å². The Morgan fingerprint density at radius 3 is 2.00 bits per heavy atom. The first-order valence-electron chi connectivity index (χ1n) is 13.8. The maximum atomic E-state index is 15.0. The average molecular weight is 533 g/mol. The molecule has 0 bridgehead atoms. The van der Waals surface area contributed by atoms with Crippen LogP contribution in [0.5, 0.6) is 0 Å². The number of thioether (sulfide) groups is 1. The molecule has 5 rings (SSSR count). The van der Waals surface area contributed by atoms with Crippen molar-refractivity contribution in [2.45, 2.75) is 102 Å². The Hall–Kier alpha value is -0.660. The van der Waals surface area contributed by atoms with Gasteiger partial charge in [-0.1, -0.05) is 0 Å². The molecule has 2 fully saturated rings. The summed E-state index contributed by atoms with van der Waals surface area (Å²) in [6.45, 7) is 14.6. The van der Waals surface area contributed by atoms with Crippen LogP contribution in [-0.4, -0.2) is 50.8 Å². The number of nitrogens with one attached hydrogen (secondary N) is 1. The molecule has 4 heterocycles. The Morgan fingerprint density at radius 1 is 0.886 bits per heavy atom. The third kappa shape index (κ3) is 3.53. The molecular formula is C29H46N2OP2S. The minimum atomic E-state index is -2.45. The van der Waals surface area contributed by atoms with Gasteiger partial charge >= 0.3 is 219 Å². The Bertz CT molecular complexity index is 1090. The van der Waals surface area contributed by atoms with Gasteiger partial charge in [-0.15, -0.1) is 0 Å². The van der Waals surface area contributed by atoms with E-state index >= 15 is 4.79 Å². The summed E-state index contributed by atoms with van der Waals surface area (Å²) in [7, 11) is -4.61. The molecule has 0 aliphatic carbocycles. The van der Waals surface area contributed by atoms with Crippen LogP contribution in [0.3, 0.4) is 0 Å². The number of aromatic nitrogens is 1. The summed E-state index contributed by atoms with van der Waals surface area (Å²) in [6.07, 6.45) is 8.18. The van der Waals surface area contributed by atoms with Crippen LogP contribution >= 0.6 is 26.4 Å². The molecule has 2 spiro atoms. The monoisotopic (exact) mass is 532 g/mol. The maximum absolute atomic E-state index is 15.0. The van der Waals surface area contributed by atoms with E-state index < -0.39 is 14.7 Å². The van der Waals surface area contributed by atoms with Gasteiger partial charge in [0.25, 0.3) is 0 Å². The van der Waals surface area contributed by atoms with Crippen LogP contribution in [0, 0.1) is 13.8 Å². The minimum absolute atomic E-state index is 0.0446. The van der Waals surface area contributed by atoms with E-state index in [2.05, 4.69) is 87.8 Å². The van der Waals surface area contributed by atoms with Gasteiger partial charge < -0.3 is 0 Å². The Balaban J connectivity index is 1.89. The zero-order valence-electron chi connectivity index (χ0n) is 22.8. The van der Waals surface area contributed by atoms with Crippen molar-refractivity contribution >= 4 is 42.6 Å². The SMILES string of the molecule is CSCC[C@@H]1N[PH]2(c3c(c(C)n(-c4ccccc4)c3C)[PH]3(C1=O)[C@H](C)CC[C@H]3C)[C@H](C)CC[C@H]2C. The number of benzene rings is 1. The third-order valence-electron chi connectivity index (χ3n) is 10.4. The second-order valence-corrected chi connectivity index (χ2v) is 22.1. The summed E-state index contributed by atoms with van der Waals surface area (Å²) >= 11 is 1.90. The molecular weight excluding hydrogens is 486 g/mol. The van der Waals surface area contributed by atoms with E-state index in [0.717, 1.165) is 12.2 Å². The van der Waals surface area contributed by atoms with Crippen LogP contribution in [0.15, 0.2) is 30.3 Å². The van der Waals surface area contributed by atoms with E-state index in [1.807, 2.05) is 11.8 Å². The molecule has 3 aliphatic rings. The number of hydrogen-bond donors (Lipinski definition) is 1. The molecule has 1 aromatic heterocycles. The number of para-hydroxylation sites is 1. The molecule has 0 unspecified atom stereocenters. The summed E-state index contributed by atoms with van der Waals surface area (Å²) < 4.78 is 2.54. The zero-order chi connectivity index (χ0) is 25.1. The van der Waals surface area contributed by atoms with Crippen molar-refractivity contribution in [3.8, 4) is 5.69 Å². The molecule has 0 amide bonds. The number of nitrogens with zero attached hydrogens (tertiary/aromatic N) is 1. The van der Waals surface area contributed by atoms with Gasteiger partial charge in [-0.25, -0.2) is 0 Å². The fourth-order valence-corrected chi connectivity index (χ4v) is 23.2. The van der Waals surface area contributed by atoms with Crippen molar-refractivity contribution in [1.82, 2.24) is 9.65 Å². The summed E-state index contributed by atoms with van der Waals surface area (Å²) in [5, 5.41) is 7.61. The van der Waals surface area contributed by atoms with E-state index in [4.69, 9.17) is 0 Å². The molecule has 194 valence electrons. The Kier molecular flexibility index (Phi) is 7.11. The topological polar surface area (TPSA) is 34.0 Å². The van der Waals surface area contributed by atoms with Crippen molar-refractivity contribution < 1.29 is 4.79 Å². The molecule has 0 radical (unpaired) electrons. The molecule has 5 atom stereocenters. The fraction of sp³-hybridized carbons (Fsp3) is 0.621. The fourth-order valence-electron chi connectivity index (χ4n) is 8.73. The van der Waals surface area contributed by atoms with E-state index in [9.17, 15) is 0 Å². The van der Waals surface area contributed by atoms with Gasteiger partial charge in [-0.05, 0) is 0 Å². The second kappa shape index (κ2) is 9.58. The van der Waals surface area contributed by atoms with Crippen molar-refractivity contribution in [1.29, 1.82) is 0 Å². The van der Waals surface area contributed by atoms with Crippen LogP contribution in [0.25, 0.3) is 5.69 Å². The molecule has 1 aromatic carbocycles. The third-order valence-corrected chi connectivity index (χ3v) is 23.5. The standard InChI is InChI=1S/C29H46N2OP2S/c1-19-13-14-20(2)33(19)27-23(5)31(25-11-9-8-10-12-25)24(6)28(27)34(21(3)15-16-22(34)4)30-26(29(33)32)17-18-35-7/h8-12,19-22,26,30,33-34H,13-18H2,1-7H3/t19-,20-,21-,22-,26+/m1/s1. The van der Waals surface area contributed by atoms with Crippen molar-refractivity contribution in [2.24, 2.45) is 0 Å². The van der Waals surface area contributed by atoms with Crippen LogP contribution < -0.4 is 15.7 Å². The van der Waals surface area contributed by atoms with E-state index in [1.165, 1.54) is 42.8 Å². The predicted molar refractivity (Wildman–Crippen MR) is 162 cm³/mol. The average Bonchev–Trinajstić information content (AvgIpc) is 3.37. The van der Waals surface area contributed by atoms with Gasteiger partial charge in [-0.2, -0.15) is 0 Å². The van der Waals surface area contributed by atoms with E-state index in [1.54, 1.807) is 10.6 Å². The Morgan fingerprint density at radius 2 is 1.43 bits per heavy atom. The number of carbonyl (C=O) groups excluding carboxylic acids is 1. The first-order valence-corrected chi connectivity index (χ1v) is 19.5. The summed E-state index contributed by atoms with van der Waals surface area (Å²) in [4.78, 5) is 15.0. The first kappa shape index (κ1) is 26.0. The van der Waals surface area contributed by atoms with Gasteiger partial charge in [0.15, 0.2) is 0 Å². The summed E-state index contributed by atoms with van der Waals surface area (Å²) in [6, 6.07) is 11.0. The number of hydrogen-bond acceptors (Lipinski definition) is 3.